The van der Waals surface area contributed by atoms with Gasteiger partial charge in [0.15, 0.2) is 0 Å². The maximum atomic E-state index is 12.3. The van der Waals surface area contributed by atoms with Crippen molar-refractivity contribution in [3.8, 4) is 23.6 Å². The number of hydrogen-bond acceptors (Lipinski definition) is 8. The molecule has 0 aliphatic rings. The van der Waals surface area contributed by atoms with Crippen molar-refractivity contribution in [1.29, 1.82) is 10.5 Å². The van der Waals surface area contributed by atoms with Crippen molar-refractivity contribution in [3.05, 3.63) is 58.9 Å². The van der Waals surface area contributed by atoms with Crippen LogP contribution in [0.5, 0.6) is 11.5 Å². The number of rotatable bonds is 5. The van der Waals surface area contributed by atoms with Crippen molar-refractivity contribution in [2.24, 2.45) is 0 Å². The Balaban J connectivity index is 1.90. The smallest absolute Gasteiger partial charge is 0.329 e. The minimum absolute atomic E-state index is 0.0242. The molecule has 1 aromatic heterocycles. The monoisotopic (exact) mass is 401 g/mol. The molecule has 9 nitrogen and oxygen atoms in total. The first-order chi connectivity index (χ1) is 12.9. The topological polar surface area (TPSA) is 142 Å². The van der Waals surface area contributed by atoms with E-state index in [0.29, 0.717) is 0 Å². The molecule has 27 heavy (non-hydrogen) atoms. The lowest BCUT2D eigenvalue weighted by Crippen LogP contribution is -2.13. The third-order valence-corrected chi connectivity index (χ3v) is 4.88. The molecular weight excluding hydrogens is 394 g/mol. The highest BCUT2D eigenvalue weighted by Gasteiger charge is 2.19. The van der Waals surface area contributed by atoms with E-state index in [1.807, 2.05) is 12.1 Å². The van der Waals surface area contributed by atoms with Gasteiger partial charge in [0.2, 0.25) is 6.39 Å². The van der Waals surface area contributed by atoms with Crippen LogP contribution in [0.25, 0.3) is 0 Å². The number of aromatic nitrogens is 2. The average molecular weight is 402 g/mol. The summed E-state index contributed by atoms with van der Waals surface area (Å²) >= 11 is 5.95. The van der Waals surface area contributed by atoms with Crippen LogP contribution in [0.2, 0.25) is 5.02 Å². The zero-order valence-corrected chi connectivity index (χ0v) is 14.8. The normalized spacial score (nSPS) is 10.6. The molecule has 0 saturated carbocycles. The molecule has 0 saturated heterocycles. The lowest BCUT2D eigenvalue weighted by molar-refractivity contribution is 0.480. The molecule has 3 rings (SSSR count). The van der Waals surface area contributed by atoms with Crippen LogP contribution in [0.3, 0.4) is 0 Å². The Morgan fingerprint density at radius 3 is 2.52 bits per heavy atom. The molecule has 1 N–H and O–H groups in total. The van der Waals surface area contributed by atoms with Gasteiger partial charge in [-0.2, -0.15) is 10.5 Å². The summed E-state index contributed by atoms with van der Waals surface area (Å²) < 4.78 is 37.0. The predicted molar refractivity (Wildman–Crippen MR) is 92.5 cm³/mol. The molecule has 3 aromatic rings. The van der Waals surface area contributed by atoms with Gasteiger partial charge in [0.1, 0.15) is 23.6 Å². The zero-order valence-electron chi connectivity index (χ0n) is 13.2. The maximum Gasteiger partial charge on any atom is 0.329 e. The summed E-state index contributed by atoms with van der Waals surface area (Å²) in [6.07, 6.45) is 0.970. The van der Waals surface area contributed by atoms with Crippen LogP contribution in [-0.2, 0) is 10.0 Å². The highest BCUT2D eigenvalue weighted by molar-refractivity contribution is 7.92. The first-order valence-corrected chi connectivity index (χ1v) is 8.99. The van der Waals surface area contributed by atoms with E-state index in [1.54, 1.807) is 0 Å². The van der Waals surface area contributed by atoms with Gasteiger partial charge in [-0.05, 0) is 30.3 Å². The highest BCUT2D eigenvalue weighted by atomic mass is 35.5. The van der Waals surface area contributed by atoms with Crippen molar-refractivity contribution >= 4 is 27.6 Å². The van der Waals surface area contributed by atoms with Crippen LogP contribution in [0.1, 0.15) is 11.1 Å². The van der Waals surface area contributed by atoms with E-state index in [0.717, 1.165) is 12.5 Å². The third-order valence-electron chi connectivity index (χ3n) is 3.25. The van der Waals surface area contributed by atoms with Gasteiger partial charge in [0, 0.05) is 6.07 Å². The maximum absolute atomic E-state index is 12.3. The quantitative estimate of drug-likeness (QED) is 0.687. The zero-order chi connectivity index (χ0) is 19.4. The van der Waals surface area contributed by atoms with Gasteiger partial charge in [-0.15, -0.1) is 5.10 Å². The number of nitrogens with zero attached hydrogens (tertiary/aromatic N) is 4. The number of halogens is 1. The number of nitrogens with one attached hydrogen (secondary N) is 1. The lowest BCUT2D eigenvalue weighted by Gasteiger charge is -2.10. The number of anilines is 1. The molecule has 2 aromatic carbocycles. The molecule has 0 amide bonds. The molecule has 0 aliphatic heterocycles. The highest BCUT2D eigenvalue weighted by Crippen LogP contribution is 2.30. The lowest BCUT2D eigenvalue weighted by atomic mass is 10.2. The Hall–Kier alpha value is -3.60. The largest absolute Gasteiger partial charge is 0.456 e. The second-order valence-electron chi connectivity index (χ2n) is 4.97. The number of sulfonamides is 1. The van der Waals surface area contributed by atoms with Crippen LogP contribution in [-0.4, -0.2) is 18.6 Å². The average Bonchev–Trinajstić information content (AvgIpc) is 3.14. The van der Waals surface area contributed by atoms with Crippen LogP contribution in [0.4, 0.5) is 6.01 Å². The number of benzene rings is 2. The summed E-state index contributed by atoms with van der Waals surface area (Å²) in [6, 6.07) is 11.6. The summed E-state index contributed by atoms with van der Waals surface area (Å²) in [7, 11) is -4.03. The van der Waals surface area contributed by atoms with Gasteiger partial charge in [-0.25, -0.2) is 13.1 Å². The molecule has 0 bridgehead atoms. The number of hydrogen-bond donors (Lipinski definition) is 1. The van der Waals surface area contributed by atoms with E-state index < -0.39 is 10.0 Å². The Morgan fingerprint density at radius 2 is 1.89 bits per heavy atom. The van der Waals surface area contributed by atoms with Crippen molar-refractivity contribution in [2.45, 2.75) is 4.90 Å². The van der Waals surface area contributed by atoms with Crippen molar-refractivity contribution in [3.63, 3.8) is 0 Å². The van der Waals surface area contributed by atoms with E-state index in [4.69, 9.17) is 26.0 Å². The molecule has 0 unspecified atom stereocenters. The Morgan fingerprint density at radius 1 is 1.11 bits per heavy atom. The van der Waals surface area contributed by atoms with Crippen molar-refractivity contribution in [2.75, 3.05) is 4.72 Å². The SMILES string of the molecule is N#Cc1ccc(Oc2ccc(S(=O)(=O)Nc3nnco3)cc2C#N)cc1Cl. The van der Waals surface area contributed by atoms with Crippen molar-refractivity contribution in [1.82, 2.24) is 10.2 Å². The molecule has 0 radical (unpaired) electrons. The first kappa shape index (κ1) is 18.2. The van der Waals surface area contributed by atoms with E-state index in [2.05, 4.69) is 14.9 Å². The van der Waals surface area contributed by atoms with E-state index in [-0.39, 0.29) is 38.6 Å². The summed E-state index contributed by atoms with van der Waals surface area (Å²) in [6.45, 7) is 0. The molecule has 0 aliphatic carbocycles. The number of ether oxygens (including phenoxy) is 1. The molecule has 0 atom stereocenters. The first-order valence-electron chi connectivity index (χ1n) is 7.13. The third kappa shape index (κ3) is 3.98. The van der Waals surface area contributed by atoms with Gasteiger partial charge in [-0.1, -0.05) is 16.7 Å². The standard InChI is InChI=1S/C16H8ClN5O4S/c17-14-6-12(2-1-10(14)7-18)26-15-4-3-13(5-11(15)8-19)27(23,24)22-16-21-20-9-25-16/h1-6,9H,(H,21,22). The Labute approximate surface area is 158 Å². The molecule has 134 valence electrons. The molecule has 0 fully saturated rings. The molecule has 0 spiro atoms. The fraction of sp³-hybridized carbons (Fsp3) is 0. The van der Waals surface area contributed by atoms with Crippen molar-refractivity contribution < 1.29 is 17.6 Å². The van der Waals surface area contributed by atoms with Gasteiger partial charge in [0.05, 0.1) is 21.0 Å². The van der Waals surface area contributed by atoms with E-state index >= 15 is 0 Å². The minimum Gasteiger partial charge on any atom is -0.456 e. The minimum atomic E-state index is -4.03. The van der Waals surface area contributed by atoms with Crippen LogP contribution >= 0.6 is 11.6 Å². The second-order valence-corrected chi connectivity index (χ2v) is 7.06. The molecular formula is C16H8ClN5O4S. The predicted octanol–water partition coefficient (Wildman–Crippen LogP) is 3.06. The summed E-state index contributed by atoms with van der Waals surface area (Å²) in [5.41, 5.74) is 0.252. The van der Waals surface area contributed by atoms with Gasteiger partial charge >= 0.3 is 6.01 Å². The Bertz CT molecular complexity index is 1180. The van der Waals surface area contributed by atoms with Gasteiger partial charge in [0.25, 0.3) is 10.0 Å². The Kier molecular flexibility index (Phi) is 4.94. The summed E-state index contributed by atoms with van der Waals surface area (Å²) in [4.78, 5) is -0.192. The fourth-order valence-electron chi connectivity index (χ4n) is 2.02. The molecule has 1 heterocycles. The number of nitriles is 2. The summed E-state index contributed by atoms with van der Waals surface area (Å²) in [5.74, 6) is 0.408. The van der Waals surface area contributed by atoms with Crippen LogP contribution in [0.15, 0.2) is 52.1 Å². The van der Waals surface area contributed by atoms with E-state index in [9.17, 15) is 13.7 Å². The fourth-order valence-corrected chi connectivity index (χ4v) is 3.19. The summed E-state index contributed by atoms with van der Waals surface area (Å²) in [5, 5.41) is 25.2. The van der Waals surface area contributed by atoms with Gasteiger partial charge < -0.3 is 9.15 Å². The second kappa shape index (κ2) is 7.33. The van der Waals surface area contributed by atoms with E-state index in [1.165, 1.54) is 30.3 Å². The van der Waals surface area contributed by atoms with Crippen LogP contribution < -0.4 is 9.46 Å². The van der Waals surface area contributed by atoms with Gasteiger partial charge in [-0.3, -0.25) is 0 Å². The molecule has 11 heteroatoms. The van der Waals surface area contributed by atoms with Crippen LogP contribution in [0, 0.1) is 22.7 Å².